The van der Waals surface area contributed by atoms with Crippen LogP contribution in [0.2, 0.25) is 0 Å². The van der Waals surface area contributed by atoms with E-state index in [1.165, 1.54) is 0 Å². The highest BCUT2D eigenvalue weighted by Crippen LogP contribution is 2.54. The highest BCUT2D eigenvalue weighted by Gasteiger charge is 2.58. The third kappa shape index (κ3) is 1.30. The molecule has 2 bridgehead atoms. The molecule has 16 heavy (non-hydrogen) atoms. The Kier molecular flexibility index (Phi) is 2.51. The molecule has 4 rings (SSSR count). The summed E-state index contributed by atoms with van der Waals surface area (Å²) < 4.78 is 0. The Morgan fingerprint density at radius 1 is 0.562 bits per heavy atom. The monoisotopic (exact) mass is 228 g/mol. The molecule has 0 aromatic heterocycles. The number of aliphatic hydroxyl groups is 4. The van der Waals surface area contributed by atoms with Crippen LogP contribution in [0.15, 0.2) is 0 Å². The fourth-order valence-electron chi connectivity index (χ4n) is 4.45. The van der Waals surface area contributed by atoms with Crippen LogP contribution in [0.5, 0.6) is 0 Å². The van der Waals surface area contributed by atoms with Crippen LogP contribution in [0.25, 0.3) is 0 Å². The maximum atomic E-state index is 10.0. The molecular formula is C12H20O4. The number of hydrogen-bond acceptors (Lipinski definition) is 4. The van der Waals surface area contributed by atoms with Crippen molar-refractivity contribution in [3.63, 3.8) is 0 Å². The first-order chi connectivity index (χ1) is 7.61. The van der Waals surface area contributed by atoms with Crippen molar-refractivity contribution in [3.8, 4) is 0 Å². The van der Waals surface area contributed by atoms with Gasteiger partial charge in [-0.25, -0.2) is 0 Å². The van der Waals surface area contributed by atoms with Gasteiger partial charge in [0.2, 0.25) is 0 Å². The minimum atomic E-state index is -0.708. The van der Waals surface area contributed by atoms with Gasteiger partial charge in [0.05, 0.1) is 24.4 Å². The van der Waals surface area contributed by atoms with E-state index in [4.69, 9.17) is 0 Å². The predicted octanol–water partition coefficient (Wildman–Crippen LogP) is -0.504. The minimum absolute atomic E-state index is 0.0131. The summed E-state index contributed by atoms with van der Waals surface area (Å²) in [5, 5.41) is 40.0. The summed E-state index contributed by atoms with van der Waals surface area (Å²) in [6.45, 7) is 0. The highest BCUT2D eigenvalue weighted by atomic mass is 16.3. The molecular weight excluding hydrogens is 208 g/mol. The van der Waals surface area contributed by atoms with Crippen molar-refractivity contribution in [2.75, 3.05) is 0 Å². The second kappa shape index (κ2) is 3.67. The lowest BCUT2D eigenvalue weighted by Gasteiger charge is -2.58. The van der Waals surface area contributed by atoms with Crippen molar-refractivity contribution in [2.24, 2.45) is 23.7 Å². The van der Waals surface area contributed by atoms with E-state index < -0.39 is 24.4 Å². The summed E-state index contributed by atoms with van der Waals surface area (Å²) in [5.74, 6) is -0.0910. The van der Waals surface area contributed by atoms with Gasteiger partial charge in [-0.2, -0.15) is 0 Å². The maximum absolute atomic E-state index is 10.0. The Hall–Kier alpha value is -0.160. The van der Waals surface area contributed by atoms with Gasteiger partial charge in [0, 0.05) is 0 Å². The second-order valence-electron chi connectivity index (χ2n) is 5.75. The molecule has 0 heterocycles. The van der Waals surface area contributed by atoms with Crippen molar-refractivity contribution in [1.82, 2.24) is 0 Å². The summed E-state index contributed by atoms with van der Waals surface area (Å²) in [6.07, 6.45) is 0.733. The first-order valence-electron chi connectivity index (χ1n) is 6.33. The van der Waals surface area contributed by atoms with Gasteiger partial charge in [-0.1, -0.05) is 0 Å². The van der Waals surface area contributed by atoms with Crippen molar-refractivity contribution in [2.45, 2.75) is 50.1 Å². The van der Waals surface area contributed by atoms with Crippen LogP contribution in [0.4, 0.5) is 0 Å². The number of hydrogen-bond donors (Lipinski definition) is 4. The van der Waals surface area contributed by atoms with E-state index in [1.54, 1.807) is 0 Å². The Morgan fingerprint density at radius 2 is 0.938 bits per heavy atom. The van der Waals surface area contributed by atoms with Crippen molar-refractivity contribution in [1.29, 1.82) is 0 Å². The molecule has 4 fully saturated rings. The SMILES string of the molecule is O[C@@H]1[C@H](O)[C@@H]2CC[C@H]1[C@H]1[C@@H]2[C@@H](O)CC[C@H]1O. The molecule has 0 radical (unpaired) electrons. The Labute approximate surface area is 94.9 Å². The predicted molar refractivity (Wildman–Crippen MR) is 56.5 cm³/mol. The lowest BCUT2D eigenvalue weighted by atomic mass is 9.51. The number of rotatable bonds is 0. The lowest BCUT2D eigenvalue weighted by molar-refractivity contribution is -0.217. The van der Waals surface area contributed by atoms with Crippen LogP contribution in [-0.4, -0.2) is 44.8 Å². The van der Waals surface area contributed by atoms with E-state index in [2.05, 4.69) is 0 Å². The summed E-state index contributed by atoms with van der Waals surface area (Å²) in [5.41, 5.74) is 0. The smallest absolute Gasteiger partial charge is 0.0833 e. The Bertz CT molecular complexity index is 254. The van der Waals surface area contributed by atoms with Gasteiger partial charge in [-0.15, -0.1) is 0 Å². The van der Waals surface area contributed by atoms with E-state index in [1.807, 2.05) is 0 Å². The minimum Gasteiger partial charge on any atom is -0.393 e. The Balaban J connectivity index is 1.94. The van der Waals surface area contributed by atoms with Crippen LogP contribution in [0.3, 0.4) is 0 Å². The summed E-state index contributed by atoms with van der Waals surface area (Å²) in [6, 6.07) is 0. The third-order valence-electron chi connectivity index (χ3n) is 5.14. The largest absolute Gasteiger partial charge is 0.393 e. The number of aliphatic hydroxyl groups excluding tert-OH is 4. The molecule has 4 aliphatic carbocycles. The molecule has 4 nitrogen and oxygen atoms in total. The summed E-state index contributed by atoms with van der Waals surface area (Å²) >= 11 is 0. The molecule has 4 aliphatic rings. The van der Waals surface area contributed by atoms with E-state index in [0.717, 1.165) is 12.8 Å². The average molecular weight is 228 g/mol. The molecule has 92 valence electrons. The van der Waals surface area contributed by atoms with Crippen LogP contribution >= 0.6 is 0 Å². The molecule has 4 saturated carbocycles. The third-order valence-corrected chi connectivity index (χ3v) is 5.14. The molecule has 4 heteroatoms. The van der Waals surface area contributed by atoms with Crippen LogP contribution in [0, 0.1) is 23.7 Å². The fourth-order valence-corrected chi connectivity index (χ4v) is 4.45. The average Bonchev–Trinajstić information content (AvgIpc) is 2.29. The summed E-state index contributed by atoms with van der Waals surface area (Å²) in [4.78, 5) is 0. The number of fused-ring (bicyclic) bond motifs is 2. The molecule has 4 N–H and O–H groups in total. The molecule has 0 amide bonds. The molecule has 0 aromatic carbocycles. The zero-order valence-corrected chi connectivity index (χ0v) is 9.24. The zero-order valence-electron chi connectivity index (χ0n) is 9.24. The maximum Gasteiger partial charge on any atom is 0.0833 e. The zero-order chi connectivity index (χ0) is 11.4. The van der Waals surface area contributed by atoms with Gasteiger partial charge in [0.1, 0.15) is 0 Å². The summed E-state index contributed by atoms with van der Waals surface area (Å²) in [7, 11) is 0. The lowest BCUT2D eigenvalue weighted by Crippen LogP contribution is -2.63. The van der Waals surface area contributed by atoms with Crippen molar-refractivity contribution >= 4 is 0 Å². The standard InChI is InChI=1S/C12H20O4/c13-7-3-4-8(14)10-6-2-1-5(9(7)10)11(15)12(6)16/h5-16H,1-4H2/t5-,6+,7+,8-,9+,10-,11-,12+. The van der Waals surface area contributed by atoms with E-state index in [0.29, 0.717) is 12.8 Å². The van der Waals surface area contributed by atoms with Gasteiger partial charge >= 0.3 is 0 Å². The topological polar surface area (TPSA) is 80.9 Å². The van der Waals surface area contributed by atoms with Gasteiger partial charge in [-0.05, 0) is 49.4 Å². The molecule has 0 unspecified atom stereocenters. The van der Waals surface area contributed by atoms with E-state index >= 15 is 0 Å². The second-order valence-corrected chi connectivity index (χ2v) is 5.75. The van der Waals surface area contributed by atoms with Gasteiger partial charge in [-0.3, -0.25) is 0 Å². The Morgan fingerprint density at radius 3 is 1.31 bits per heavy atom. The van der Waals surface area contributed by atoms with Crippen LogP contribution in [-0.2, 0) is 0 Å². The fraction of sp³-hybridized carbons (Fsp3) is 1.00. The van der Waals surface area contributed by atoms with Crippen molar-refractivity contribution in [3.05, 3.63) is 0 Å². The van der Waals surface area contributed by atoms with E-state index in [9.17, 15) is 20.4 Å². The molecule has 0 aliphatic heterocycles. The first kappa shape index (κ1) is 11.0. The molecule has 0 aromatic rings. The van der Waals surface area contributed by atoms with Crippen LogP contribution < -0.4 is 0 Å². The highest BCUT2D eigenvalue weighted by molar-refractivity contribution is 5.07. The van der Waals surface area contributed by atoms with E-state index in [-0.39, 0.29) is 23.7 Å². The van der Waals surface area contributed by atoms with Gasteiger partial charge < -0.3 is 20.4 Å². The van der Waals surface area contributed by atoms with Crippen molar-refractivity contribution < 1.29 is 20.4 Å². The normalized spacial score (nSPS) is 60.8. The van der Waals surface area contributed by atoms with Gasteiger partial charge in [0.15, 0.2) is 0 Å². The molecule has 8 atom stereocenters. The molecule has 0 saturated heterocycles. The van der Waals surface area contributed by atoms with Crippen LogP contribution in [0.1, 0.15) is 25.7 Å². The molecule has 0 spiro atoms. The van der Waals surface area contributed by atoms with Gasteiger partial charge in [0.25, 0.3) is 0 Å². The first-order valence-corrected chi connectivity index (χ1v) is 6.33. The quantitative estimate of drug-likeness (QED) is 0.450.